The minimum atomic E-state index is -4.92. The Labute approximate surface area is 157 Å². The van der Waals surface area contributed by atoms with Gasteiger partial charge in [-0.25, -0.2) is 9.07 Å². The van der Waals surface area contributed by atoms with E-state index in [1.54, 1.807) is 6.07 Å². The van der Waals surface area contributed by atoms with Crippen LogP contribution in [0, 0.1) is 5.82 Å². The fraction of sp³-hybridized carbons (Fsp3) is 0.0952. The van der Waals surface area contributed by atoms with Gasteiger partial charge in [-0.1, -0.05) is 36.4 Å². The zero-order valence-electron chi connectivity index (χ0n) is 14.4. The van der Waals surface area contributed by atoms with Gasteiger partial charge in [-0.05, 0) is 47.5 Å². The highest BCUT2D eigenvalue weighted by atomic mass is 19.4. The molecule has 142 valence electrons. The van der Waals surface area contributed by atoms with Gasteiger partial charge in [0.05, 0.1) is 17.4 Å². The van der Waals surface area contributed by atoms with E-state index in [0.717, 1.165) is 0 Å². The third-order valence-electron chi connectivity index (χ3n) is 4.66. The number of alkyl halides is 3. The molecule has 4 aromatic rings. The van der Waals surface area contributed by atoms with Gasteiger partial charge < -0.3 is 5.11 Å². The summed E-state index contributed by atoms with van der Waals surface area (Å²) in [6.45, 7) is 0. The Kier molecular flexibility index (Phi) is 4.19. The summed E-state index contributed by atoms with van der Waals surface area (Å²) in [6, 6.07) is 16.5. The maximum atomic E-state index is 13.9. The quantitative estimate of drug-likeness (QED) is 0.505. The molecule has 1 atom stereocenters. The van der Waals surface area contributed by atoms with Gasteiger partial charge in [0, 0.05) is 5.39 Å². The van der Waals surface area contributed by atoms with Gasteiger partial charge in [-0.3, -0.25) is 0 Å². The van der Waals surface area contributed by atoms with Crippen molar-refractivity contribution in [2.45, 2.75) is 11.8 Å². The van der Waals surface area contributed by atoms with Crippen LogP contribution in [0.4, 0.5) is 17.6 Å². The standard InChI is InChI=1S/C21H14F4N2O/c22-17-7-9-18(10-8-17)27-19-11-6-16(12-14(19)13-26-27)20(28,21(23,24)25)15-4-2-1-3-5-15/h1-13,28H. The van der Waals surface area contributed by atoms with E-state index in [4.69, 9.17) is 0 Å². The molecule has 0 amide bonds. The number of halogens is 4. The predicted molar refractivity (Wildman–Crippen MR) is 96.5 cm³/mol. The Hall–Kier alpha value is -3.19. The zero-order chi connectivity index (χ0) is 19.9. The lowest BCUT2D eigenvalue weighted by Crippen LogP contribution is -2.43. The van der Waals surface area contributed by atoms with Crippen LogP contribution >= 0.6 is 0 Å². The van der Waals surface area contributed by atoms with Gasteiger partial charge in [0.15, 0.2) is 0 Å². The molecular weight excluding hydrogens is 372 g/mol. The minimum absolute atomic E-state index is 0.271. The fourth-order valence-corrected chi connectivity index (χ4v) is 3.22. The lowest BCUT2D eigenvalue weighted by atomic mass is 9.85. The number of rotatable bonds is 3. The topological polar surface area (TPSA) is 38.1 Å². The van der Waals surface area contributed by atoms with E-state index >= 15 is 0 Å². The van der Waals surface area contributed by atoms with Crippen LogP contribution in [0.25, 0.3) is 16.6 Å². The average Bonchev–Trinajstić information content (AvgIpc) is 3.11. The second kappa shape index (κ2) is 6.45. The molecular formula is C21H14F4N2O. The molecule has 3 aromatic carbocycles. The summed E-state index contributed by atoms with van der Waals surface area (Å²) in [5.41, 5.74) is -2.63. The molecule has 0 fully saturated rings. The maximum Gasteiger partial charge on any atom is 0.425 e. The van der Waals surface area contributed by atoms with E-state index in [-0.39, 0.29) is 11.1 Å². The van der Waals surface area contributed by atoms with Crippen molar-refractivity contribution >= 4 is 10.9 Å². The Balaban J connectivity index is 1.86. The molecule has 0 spiro atoms. The SMILES string of the molecule is OC(c1ccccc1)(c1ccc2c(cnn2-c2ccc(F)cc2)c1)C(F)(F)F. The van der Waals surface area contributed by atoms with Crippen LogP contribution in [-0.2, 0) is 5.60 Å². The van der Waals surface area contributed by atoms with Crippen molar-refractivity contribution in [3.8, 4) is 5.69 Å². The minimum Gasteiger partial charge on any atom is -0.372 e. The number of aromatic nitrogens is 2. The summed E-state index contributed by atoms with van der Waals surface area (Å²) in [5, 5.41) is 15.3. The second-order valence-corrected chi connectivity index (χ2v) is 6.38. The molecule has 1 heterocycles. The van der Waals surface area contributed by atoms with Crippen molar-refractivity contribution < 1.29 is 22.7 Å². The summed E-state index contributed by atoms with van der Waals surface area (Å²) in [6.07, 6.45) is -3.51. The van der Waals surface area contributed by atoms with Gasteiger partial charge in [0.2, 0.25) is 5.60 Å². The van der Waals surface area contributed by atoms with Crippen molar-refractivity contribution in [3.05, 3.63) is 95.9 Å². The summed E-state index contributed by atoms with van der Waals surface area (Å²) >= 11 is 0. The molecule has 1 aromatic heterocycles. The first kappa shape index (κ1) is 18.2. The smallest absolute Gasteiger partial charge is 0.372 e. The Morgan fingerprint density at radius 2 is 1.50 bits per heavy atom. The number of fused-ring (bicyclic) bond motifs is 1. The molecule has 0 saturated heterocycles. The maximum absolute atomic E-state index is 13.9. The number of aliphatic hydroxyl groups is 1. The molecule has 0 aliphatic carbocycles. The zero-order valence-corrected chi connectivity index (χ0v) is 14.4. The molecule has 28 heavy (non-hydrogen) atoms. The molecule has 7 heteroatoms. The Morgan fingerprint density at radius 1 is 0.821 bits per heavy atom. The van der Waals surface area contributed by atoms with Crippen molar-refractivity contribution in [3.63, 3.8) is 0 Å². The van der Waals surface area contributed by atoms with E-state index in [9.17, 15) is 22.7 Å². The molecule has 1 N–H and O–H groups in total. The van der Waals surface area contributed by atoms with Gasteiger partial charge >= 0.3 is 6.18 Å². The summed E-state index contributed by atoms with van der Waals surface area (Å²) < 4.78 is 56.3. The Morgan fingerprint density at radius 3 is 2.14 bits per heavy atom. The lowest BCUT2D eigenvalue weighted by molar-refractivity contribution is -0.248. The van der Waals surface area contributed by atoms with Crippen LogP contribution in [-0.4, -0.2) is 21.1 Å². The molecule has 0 radical (unpaired) electrons. The monoisotopic (exact) mass is 386 g/mol. The first-order valence-corrected chi connectivity index (χ1v) is 8.39. The summed E-state index contributed by atoms with van der Waals surface area (Å²) in [4.78, 5) is 0. The van der Waals surface area contributed by atoms with Gasteiger partial charge in [0.1, 0.15) is 5.82 Å². The van der Waals surface area contributed by atoms with Crippen molar-refractivity contribution in [2.75, 3.05) is 0 Å². The highest BCUT2D eigenvalue weighted by Gasteiger charge is 2.56. The van der Waals surface area contributed by atoms with Crippen LogP contribution in [0.1, 0.15) is 11.1 Å². The van der Waals surface area contributed by atoms with Crippen LogP contribution < -0.4 is 0 Å². The van der Waals surface area contributed by atoms with E-state index in [0.29, 0.717) is 16.6 Å². The summed E-state index contributed by atoms with van der Waals surface area (Å²) in [5.74, 6) is -0.402. The second-order valence-electron chi connectivity index (χ2n) is 6.38. The van der Waals surface area contributed by atoms with Crippen molar-refractivity contribution in [1.29, 1.82) is 0 Å². The lowest BCUT2D eigenvalue weighted by Gasteiger charge is -2.31. The first-order chi connectivity index (χ1) is 13.3. The third-order valence-corrected chi connectivity index (χ3v) is 4.66. The van der Waals surface area contributed by atoms with Crippen molar-refractivity contribution in [2.24, 2.45) is 0 Å². The molecule has 0 aliphatic rings. The number of benzene rings is 3. The van der Waals surface area contributed by atoms with Crippen LogP contribution in [0.3, 0.4) is 0 Å². The van der Waals surface area contributed by atoms with Crippen LogP contribution in [0.5, 0.6) is 0 Å². The number of hydrogen-bond donors (Lipinski definition) is 1. The third kappa shape index (κ3) is 2.84. The molecule has 3 nitrogen and oxygen atoms in total. The van der Waals surface area contributed by atoms with Gasteiger partial charge in [0.25, 0.3) is 0 Å². The predicted octanol–water partition coefficient (Wildman–Crippen LogP) is 4.96. The van der Waals surface area contributed by atoms with E-state index < -0.39 is 17.6 Å². The van der Waals surface area contributed by atoms with Crippen LogP contribution in [0.2, 0.25) is 0 Å². The van der Waals surface area contributed by atoms with E-state index in [1.165, 1.54) is 77.6 Å². The molecule has 1 unspecified atom stereocenters. The first-order valence-electron chi connectivity index (χ1n) is 8.39. The normalized spacial score (nSPS) is 14.2. The summed E-state index contributed by atoms with van der Waals surface area (Å²) in [7, 11) is 0. The van der Waals surface area contributed by atoms with Gasteiger partial charge in [-0.15, -0.1) is 0 Å². The number of hydrogen-bond acceptors (Lipinski definition) is 2. The molecule has 0 aliphatic heterocycles. The Bertz CT molecular complexity index is 1120. The van der Waals surface area contributed by atoms with E-state index in [2.05, 4.69) is 5.10 Å². The molecule has 0 bridgehead atoms. The fourth-order valence-electron chi connectivity index (χ4n) is 3.22. The highest BCUT2D eigenvalue weighted by molar-refractivity contribution is 5.81. The molecule has 0 saturated carbocycles. The number of nitrogens with zero attached hydrogens (tertiary/aromatic N) is 2. The molecule has 4 rings (SSSR count). The van der Waals surface area contributed by atoms with E-state index in [1.807, 2.05) is 0 Å². The van der Waals surface area contributed by atoms with Crippen molar-refractivity contribution in [1.82, 2.24) is 9.78 Å². The average molecular weight is 386 g/mol. The van der Waals surface area contributed by atoms with Gasteiger partial charge in [-0.2, -0.15) is 18.3 Å². The van der Waals surface area contributed by atoms with Crippen LogP contribution in [0.15, 0.2) is 79.0 Å². The highest BCUT2D eigenvalue weighted by Crippen LogP contribution is 2.44. The largest absolute Gasteiger partial charge is 0.425 e.